The van der Waals surface area contributed by atoms with E-state index < -0.39 is 55.0 Å². The van der Waals surface area contributed by atoms with Gasteiger partial charge in [-0.05, 0) is 55.0 Å². The molecule has 4 N–H and O–H groups in total. The number of methoxy groups -OCH3 is 1. The van der Waals surface area contributed by atoms with Gasteiger partial charge in [-0.2, -0.15) is 4.90 Å². The van der Waals surface area contributed by atoms with Crippen LogP contribution in [0.3, 0.4) is 0 Å². The largest absolute Gasteiger partial charge is 0.459 e. The molecule has 1 aromatic heterocycles. The monoisotopic (exact) mass is 477 g/mol. The summed E-state index contributed by atoms with van der Waals surface area (Å²) in [4.78, 5) is 38.1. The van der Waals surface area contributed by atoms with Crippen LogP contribution in [0.2, 0.25) is 0 Å². The van der Waals surface area contributed by atoms with E-state index in [0.29, 0.717) is 40.4 Å². The Kier molecular flexibility index (Phi) is 8.42. The maximum Gasteiger partial charge on any atom is 0.423 e. The van der Waals surface area contributed by atoms with Crippen LogP contribution in [0.15, 0.2) is 33.3 Å². The van der Waals surface area contributed by atoms with E-state index in [0.717, 1.165) is 12.7 Å². The molecule has 1 aliphatic heterocycles. The van der Waals surface area contributed by atoms with Crippen LogP contribution in [0.4, 0.5) is 4.79 Å². The minimum absolute atomic E-state index is 0.00886. The second-order valence-electron chi connectivity index (χ2n) is 8.50. The van der Waals surface area contributed by atoms with Gasteiger partial charge in [0.15, 0.2) is 0 Å². The Morgan fingerprint density at radius 3 is 2.53 bits per heavy atom. The topological polar surface area (TPSA) is 158 Å². The average Bonchev–Trinajstić information content (AvgIpc) is 3.41. The average molecular weight is 478 g/mol. The zero-order chi connectivity index (χ0) is 25.0. The van der Waals surface area contributed by atoms with Crippen LogP contribution in [0.25, 0.3) is 6.08 Å². The van der Waals surface area contributed by atoms with Gasteiger partial charge >= 0.3 is 6.09 Å². The molecule has 10 heteroatoms. The Hall–Kier alpha value is -2.79. The Balaban J connectivity index is 1.82. The Bertz CT molecular complexity index is 992. The molecule has 186 valence electrons. The zero-order valence-corrected chi connectivity index (χ0v) is 19.3. The molecule has 1 aliphatic carbocycles. The van der Waals surface area contributed by atoms with Crippen LogP contribution in [-0.4, -0.2) is 69.7 Å². The molecule has 2 aliphatic rings. The van der Waals surface area contributed by atoms with Crippen LogP contribution >= 0.6 is 0 Å². The molecule has 4 atom stereocenters. The highest BCUT2D eigenvalue weighted by molar-refractivity contribution is 6.15. The third-order valence-electron chi connectivity index (χ3n) is 6.67. The lowest BCUT2D eigenvalue weighted by Crippen LogP contribution is -2.40. The van der Waals surface area contributed by atoms with Crippen LogP contribution in [0, 0.1) is 17.8 Å². The number of likely N-dealkylation sites (tertiary alicyclic amines) is 1. The summed E-state index contributed by atoms with van der Waals surface area (Å²) < 4.78 is 10.0. The Morgan fingerprint density at radius 2 is 1.97 bits per heavy atom. The van der Waals surface area contributed by atoms with Crippen molar-refractivity contribution in [3.05, 3.63) is 40.4 Å². The summed E-state index contributed by atoms with van der Waals surface area (Å²) in [6, 6.07) is 3.41. The fraction of sp³-hybridized carbons (Fsp3) is 0.542. The zero-order valence-electron chi connectivity index (χ0n) is 19.3. The van der Waals surface area contributed by atoms with Crippen molar-refractivity contribution in [1.82, 2.24) is 4.90 Å². The molecule has 1 saturated heterocycles. The number of amides is 3. The summed E-state index contributed by atoms with van der Waals surface area (Å²) in [5.74, 6) is -3.30. The molecule has 34 heavy (non-hydrogen) atoms. The Morgan fingerprint density at radius 1 is 1.24 bits per heavy atom. The molecule has 0 spiro atoms. The predicted octanol–water partition coefficient (Wildman–Crippen LogP) is 1.38. The first kappa shape index (κ1) is 25.8. The molecular formula is C24H31NO9. The highest BCUT2D eigenvalue weighted by atomic mass is 16.5. The number of hydrogen-bond acceptors (Lipinski definition) is 9. The van der Waals surface area contributed by atoms with Gasteiger partial charge in [-0.1, -0.05) is 12.5 Å². The van der Waals surface area contributed by atoms with E-state index in [2.05, 4.69) is 4.74 Å². The summed E-state index contributed by atoms with van der Waals surface area (Å²) in [7, 11) is 1.06. The van der Waals surface area contributed by atoms with Crippen molar-refractivity contribution in [3.8, 4) is 0 Å². The number of nitrogens with zero attached hydrogens (tertiary/aromatic N) is 1. The number of fused-ring (bicyclic) bond motifs is 1. The van der Waals surface area contributed by atoms with E-state index in [1.165, 1.54) is 0 Å². The van der Waals surface area contributed by atoms with Gasteiger partial charge < -0.3 is 29.6 Å². The number of carbonyl (C=O) groups is 3. The molecule has 3 amide bonds. The van der Waals surface area contributed by atoms with Crippen molar-refractivity contribution in [3.63, 3.8) is 0 Å². The number of furan rings is 1. The molecule has 0 radical (unpaired) electrons. The van der Waals surface area contributed by atoms with Gasteiger partial charge in [0.25, 0.3) is 0 Å². The SMILES string of the molecule is CC/C(=C\c1ccc(CO)o1)CC[C@@H](O)C1=C(CO)C[C@H]2C(=O)N(C(=O)OC)C(=O)[C@H]2[C@H]1CO. The van der Waals surface area contributed by atoms with Crippen LogP contribution < -0.4 is 0 Å². The maximum atomic E-state index is 12.9. The van der Waals surface area contributed by atoms with Gasteiger partial charge in [0, 0.05) is 5.92 Å². The number of imide groups is 3. The standard InChI is InChI=1S/C24H31NO9/c1-3-13(8-15-5-6-16(11-27)34-15)4-7-19(29)20-14(10-26)9-17-21(18(20)12-28)23(31)25(22(17)30)24(32)33-2/h5-6,8,17-19,21,26-29H,3-4,7,9-12H2,1-2H3/b13-8+/t17-,18+,19-,21-/m1/s1. The lowest BCUT2D eigenvalue weighted by atomic mass is 9.68. The molecule has 0 bridgehead atoms. The Labute approximate surface area is 197 Å². The molecule has 10 nitrogen and oxygen atoms in total. The quantitative estimate of drug-likeness (QED) is 0.304. The van der Waals surface area contributed by atoms with Crippen molar-refractivity contribution in [1.29, 1.82) is 0 Å². The number of aliphatic hydroxyl groups is 4. The highest BCUT2D eigenvalue weighted by Gasteiger charge is 2.57. The molecule has 2 heterocycles. The third-order valence-corrected chi connectivity index (χ3v) is 6.67. The predicted molar refractivity (Wildman–Crippen MR) is 119 cm³/mol. The van der Waals surface area contributed by atoms with Crippen molar-refractivity contribution in [2.75, 3.05) is 20.3 Å². The van der Waals surface area contributed by atoms with E-state index in [1.807, 2.05) is 13.0 Å². The van der Waals surface area contributed by atoms with Gasteiger partial charge in [-0.3, -0.25) is 9.59 Å². The molecule has 1 aromatic rings. The first-order valence-corrected chi connectivity index (χ1v) is 11.3. The summed E-state index contributed by atoms with van der Waals surface area (Å²) in [5.41, 5.74) is 1.71. The first-order valence-electron chi connectivity index (χ1n) is 11.3. The molecular weight excluding hydrogens is 446 g/mol. The molecule has 1 fully saturated rings. The molecule has 0 unspecified atom stereocenters. The lowest BCUT2D eigenvalue weighted by Gasteiger charge is -2.36. The van der Waals surface area contributed by atoms with E-state index in [-0.39, 0.29) is 19.4 Å². The van der Waals surface area contributed by atoms with E-state index >= 15 is 0 Å². The van der Waals surface area contributed by atoms with Crippen LogP contribution in [-0.2, 0) is 20.9 Å². The van der Waals surface area contributed by atoms with Crippen molar-refractivity contribution < 1.29 is 44.0 Å². The van der Waals surface area contributed by atoms with Crippen LogP contribution in [0.5, 0.6) is 0 Å². The molecule has 0 aromatic carbocycles. The van der Waals surface area contributed by atoms with Gasteiger partial charge in [-0.15, -0.1) is 0 Å². The number of carbonyl (C=O) groups excluding carboxylic acids is 3. The maximum absolute atomic E-state index is 12.9. The smallest absolute Gasteiger partial charge is 0.423 e. The van der Waals surface area contributed by atoms with E-state index in [1.54, 1.807) is 12.1 Å². The summed E-state index contributed by atoms with van der Waals surface area (Å²) in [6.45, 7) is 0.778. The molecule has 3 rings (SSSR count). The summed E-state index contributed by atoms with van der Waals surface area (Å²) in [5, 5.41) is 40.3. The third kappa shape index (κ3) is 4.85. The minimum Gasteiger partial charge on any atom is -0.459 e. The number of ether oxygens (including phenoxy) is 1. The van der Waals surface area contributed by atoms with Gasteiger partial charge in [-0.25, -0.2) is 4.79 Å². The van der Waals surface area contributed by atoms with Crippen molar-refractivity contribution >= 4 is 24.0 Å². The number of aliphatic hydroxyl groups excluding tert-OH is 4. The fourth-order valence-electron chi connectivity index (χ4n) is 4.96. The number of hydrogen-bond donors (Lipinski definition) is 4. The fourth-order valence-corrected chi connectivity index (χ4v) is 4.96. The van der Waals surface area contributed by atoms with Gasteiger partial charge in [0.1, 0.15) is 18.1 Å². The second-order valence-corrected chi connectivity index (χ2v) is 8.50. The van der Waals surface area contributed by atoms with Crippen molar-refractivity contribution in [2.24, 2.45) is 17.8 Å². The van der Waals surface area contributed by atoms with Gasteiger partial charge in [0.05, 0.1) is 38.3 Å². The lowest BCUT2D eigenvalue weighted by molar-refractivity contribution is -0.137. The van der Waals surface area contributed by atoms with Crippen molar-refractivity contribution in [2.45, 2.75) is 45.3 Å². The van der Waals surface area contributed by atoms with E-state index in [9.17, 15) is 29.7 Å². The van der Waals surface area contributed by atoms with Gasteiger partial charge in [0.2, 0.25) is 11.8 Å². The minimum atomic E-state index is -1.09. The second kappa shape index (κ2) is 11.1. The highest BCUT2D eigenvalue weighted by Crippen LogP contribution is 2.46. The number of rotatable bonds is 9. The van der Waals surface area contributed by atoms with E-state index in [4.69, 9.17) is 9.52 Å². The molecule has 0 saturated carbocycles. The van der Waals surface area contributed by atoms with Crippen LogP contribution in [0.1, 0.15) is 44.1 Å². The summed E-state index contributed by atoms with van der Waals surface area (Å²) in [6.07, 6.45) is 1.09. The summed E-state index contributed by atoms with van der Waals surface area (Å²) >= 11 is 0. The number of allylic oxidation sites excluding steroid dienone is 1. The first-order chi connectivity index (χ1) is 16.3. The normalized spacial score (nSPS) is 24.0.